The van der Waals surface area contributed by atoms with Crippen molar-refractivity contribution in [3.05, 3.63) is 0 Å². The third-order valence-electron chi connectivity index (χ3n) is 2.08. The molecule has 0 atom stereocenters. The van der Waals surface area contributed by atoms with Crippen LogP contribution in [0.4, 0.5) is 0 Å². The van der Waals surface area contributed by atoms with E-state index in [-0.39, 0.29) is 5.91 Å². The second-order valence-corrected chi connectivity index (χ2v) is 5.97. The lowest BCUT2D eigenvalue weighted by Gasteiger charge is -2.08. The van der Waals surface area contributed by atoms with Crippen molar-refractivity contribution < 1.29 is 4.79 Å². The summed E-state index contributed by atoms with van der Waals surface area (Å²) in [6, 6.07) is 0. The van der Waals surface area contributed by atoms with Crippen LogP contribution in [0.5, 0.6) is 0 Å². The first kappa shape index (κ1) is 14.9. The van der Waals surface area contributed by atoms with Crippen molar-refractivity contribution in [2.24, 2.45) is 11.8 Å². The van der Waals surface area contributed by atoms with E-state index in [0.29, 0.717) is 29.3 Å². The van der Waals surface area contributed by atoms with Gasteiger partial charge in [-0.05, 0) is 22.3 Å². The van der Waals surface area contributed by atoms with Crippen LogP contribution < -0.4 is 5.32 Å². The van der Waals surface area contributed by atoms with E-state index in [2.05, 4.69) is 48.5 Å². The van der Waals surface area contributed by atoms with E-state index in [9.17, 15) is 4.79 Å². The number of aromatic nitrogens is 4. The van der Waals surface area contributed by atoms with Gasteiger partial charge in [0.05, 0.1) is 5.75 Å². The molecule has 1 heterocycles. The predicted octanol–water partition coefficient (Wildman–Crippen LogP) is 1.19. The number of amides is 1. The van der Waals surface area contributed by atoms with E-state index in [1.807, 2.05) is 0 Å². The Morgan fingerprint density at radius 1 is 1.33 bits per heavy atom. The lowest BCUT2D eigenvalue weighted by Crippen LogP contribution is -2.28. The molecule has 1 rings (SSSR count). The number of thioether (sulfide) groups is 1. The molecule has 6 nitrogen and oxygen atoms in total. The first-order chi connectivity index (χ1) is 8.49. The largest absolute Gasteiger partial charge is 0.355 e. The molecule has 102 valence electrons. The van der Waals surface area contributed by atoms with Gasteiger partial charge in [0.1, 0.15) is 0 Å². The molecule has 18 heavy (non-hydrogen) atoms. The molecule has 0 saturated heterocycles. The van der Waals surface area contributed by atoms with Gasteiger partial charge in [-0.3, -0.25) is 4.79 Å². The highest BCUT2D eigenvalue weighted by Crippen LogP contribution is 2.14. The molecule has 1 N–H and O–H groups in total. The summed E-state index contributed by atoms with van der Waals surface area (Å²) in [5.74, 6) is 1.31. The van der Waals surface area contributed by atoms with Crippen LogP contribution in [0.15, 0.2) is 5.16 Å². The molecule has 0 spiro atoms. The number of nitrogens with zero attached hydrogens (tertiary/aromatic N) is 4. The third-order valence-corrected chi connectivity index (χ3v) is 3.03. The second kappa shape index (κ2) is 7.35. The molecular weight excluding hydrogens is 250 g/mol. The molecule has 0 unspecified atom stereocenters. The van der Waals surface area contributed by atoms with Gasteiger partial charge in [-0.25, -0.2) is 4.68 Å². The zero-order chi connectivity index (χ0) is 13.5. The maximum Gasteiger partial charge on any atom is 0.230 e. The molecule has 0 radical (unpaired) electrons. The number of carbonyl (C=O) groups is 1. The van der Waals surface area contributed by atoms with Crippen LogP contribution >= 0.6 is 11.8 Å². The van der Waals surface area contributed by atoms with Crippen LogP contribution in [0, 0.1) is 11.8 Å². The number of tetrazole rings is 1. The normalized spacial score (nSPS) is 11.2. The summed E-state index contributed by atoms with van der Waals surface area (Å²) in [5, 5.41) is 15.0. The van der Waals surface area contributed by atoms with E-state index in [1.54, 1.807) is 4.68 Å². The van der Waals surface area contributed by atoms with Gasteiger partial charge in [0.15, 0.2) is 0 Å². The van der Waals surface area contributed by atoms with Crippen LogP contribution in [0.1, 0.15) is 27.7 Å². The molecule has 0 saturated carbocycles. The molecule has 0 aromatic carbocycles. The summed E-state index contributed by atoms with van der Waals surface area (Å²) >= 11 is 1.37. The fourth-order valence-electron chi connectivity index (χ4n) is 1.26. The van der Waals surface area contributed by atoms with Gasteiger partial charge in [0, 0.05) is 13.1 Å². The quantitative estimate of drug-likeness (QED) is 0.754. The van der Waals surface area contributed by atoms with Crippen LogP contribution in [-0.4, -0.2) is 38.4 Å². The molecule has 0 aliphatic carbocycles. The minimum Gasteiger partial charge on any atom is -0.355 e. The SMILES string of the molecule is CC(C)CNC(=O)CSc1nnnn1CC(C)C. The summed E-state index contributed by atoms with van der Waals surface area (Å²) in [4.78, 5) is 11.6. The van der Waals surface area contributed by atoms with Crippen molar-refractivity contribution >= 4 is 17.7 Å². The summed E-state index contributed by atoms with van der Waals surface area (Å²) in [7, 11) is 0. The third kappa shape index (κ3) is 5.48. The monoisotopic (exact) mass is 271 g/mol. The first-order valence-corrected chi connectivity index (χ1v) is 7.13. The fraction of sp³-hybridized carbons (Fsp3) is 0.818. The Morgan fingerprint density at radius 3 is 2.67 bits per heavy atom. The van der Waals surface area contributed by atoms with Gasteiger partial charge < -0.3 is 5.32 Å². The molecule has 1 amide bonds. The first-order valence-electron chi connectivity index (χ1n) is 6.14. The molecule has 0 aliphatic rings. The zero-order valence-corrected chi connectivity index (χ0v) is 12.2. The average Bonchev–Trinajstić information content (AvgIpc) is 2.70. The summed E-state index contributed by atoms with van der Waals surface area (Å²) < 4.78 is 1.74. The van der Waals surface area contributed by atoms with Gasteiger partial charge in [0.25, 0.3) is 0 Å². The van der Waals surface area contributed by atoms with Gasteiger partial charge in [0.2, 0.25) is 11.1 Å². The molecule has 1 aromatic heterocycles. The number of nitrogens with one attached hydrogen (secondary N) is 1. The number of hydrogen-bond acceptors (Lipinski definition) is 5. The lowest BCUT2D eigenvalue weighted by atomic mass is 10.2. The predicted molar refractivity (Wildman–Crippen MR) is 71.2 cm³/mol. The highest BCUT2D eigenvalue weighted by molar-refractivity contribution is 7.99. The van der Waals surface area contributed by atoms with Gasteiger partial charge >= 0.3 is 0 Å². The number of hydrogen-bond donors (Lipinski definition) is 1. The minimum atomic E-state index is 0.0211. The highest BCUT2D eigenvalue weighted by Gasteiger charge is 2.10. The van der Waals surface area contributed by atoms with Gasteiger partial charge in [-0.1, -0.05) is 39.5 Å². The van der Waals surface area contributed by atoms with Crippen LogP contribution in [0.2, 0.25) is 0 Å². The van der Waals surface area contributed by atoms with Crippen LogP contribution in [-0.2, 0) is 11.3 Å². The Labute approximate surface area is 112 Å². The molecule has 1 aromatic rings. The Hall–Kier alpha value is -1.11. The van der Waals surface area contributed by atoms with E-state index < -0.39 is 0 Å². The zero-order valence-electron chi connectivity index (χ0n) is 11.4. The Morgan fingerprint density at radius 2 is 2.06 bits per heavy atom. The number of rotatable bonds is 7. The van der Waals surface area contributed by atoms with Crippen molar-refractivity contribution in [3.63, 3.8) is 0 Å². The van der Waals surface area contributed by atoms with E-state index in [0.717, 1.165) is 6.54 Å². The minimum absolute atomic E-state index is 0.0211. The highest BCUT2D eigenvalue weighted by atomic mass is 32.2. The molecule has 0 aliphatic heterocycles. The van der Waals surface area contributed by atoms with E-state index >= 15 is 0 Å². The Bertz CT molecular complexity index is 377. The van der Waals surface area contributed by atoms with Crippen molar-refractivity contribution in [2.45, 2.75) is 39.4 Å². The Kier molecular flexibility index (Phi) is 6.11. The van der Waals surface area contributed by atoms with Crippen molar-refractivity contribution in [2.75, 3.05) is 12.3 Å². The smallest absolute Gasteiger partial charge is 0.230 e. The summed E-state index contributed by atoms with van der Waals surface area (Å²) in [6.45, 7) is 9.81. The average molecular weight is 271 g/mol. The fourth-order valence-corrected chi connectivity index (χ4v) is 1.98. The van der Waals surface area contributed by atoms with Gasteiger partial charge in [-0.15, -0.1) is 5.10 Å². The van der Waals surface area contributed by atoms with Crippen LogP contribution in [0.3, 0.4) is 0 Å². The maximum absolute atomic E-state index is 11.6. The molecule has 0 fully saturated rings. The topological polar surface area (TPSA) is 72.7 Å². The van der Waals surface area contributed by atoms with Crippen LogP contribution in [0.25, 0.3) is 0 Å². The number of carbonyl (C=O) groups excluding carboxylic acids is 1. The van der Waals surface area contributed by atoms with E-state index in [1.165, 1.54) is 11.8 Å². The standard InChI is InChI=1S/C11H21N5OS/c1-8(2)5-12-10(17)7-18-11-13-14-15-16(11)6-9(3)4/h8-9H,5-7H2,1-4H3,(H,12,17). The second-order valence-electron chi connectivity index (χ2n) is 5.02. The molecule has 7 heteroatoms. The van der Waals surface area contributed by atoms with Gasteiger partial charge in [-0.2, -0.15) is 0 Å². The van der Waals surface area contributed by atoms with Crippen molar-refractivity contribution in [1.29, 1.82) is 0 Å². The summed E-state index contributed by atoms with van der Waals surface area (Å²) in [5.41, 5.74) is 0. The van der Waals surface area contributed by atoms with E-state index in [4.69, 9.17) is 0 Å². The molecule has 0 bridgehead atoms. The summed E-state index contributed by atoms with van der Waals surface area (Å²) in [6.07, 6.45) is 0. The van der Waals surface area contributed by atoms with Crippen molar-refractivity contribution in [3.8, 4) is 0 Å². The lowest BCUT2D eigenvalue weighted by molar-refractivity contribution is -0.118. The Balaban J connectivity index is 2.39. The molecular formula is C11H21N5OS. The van der Waals surface area contributed by atoms with Crippen molar-refractivity contribution in [1.82, 2.24) is 25.5 Å². The maximum atomic E-state index is 11.6.